The van der Waals surface area contributed by atoms with Gasteiger partial charge in [-0.1, -0.05) is 31.2 Å². The van der Waals surface area contributed by atoms with Crippen molar-refractivity contribution < 1.29 is 4.79 Å². The van der Waals surface area contributed by atoms with Crippen molar-refractivity contribution in [3.05, 3.63) is 41.5 Å². The third kappa shape index (κ3) is 2.48. The first-order chi connectivity index (χ1) is 11.3. The molecule has 0 aromatic heterocycles. The van der Waals surface area contributed by atoms with Crippen molar-refractivity contribution in [1.29, 1.82) is 0 Å². The third-order valence-electron chi connectivity index (χ3n) is 5.48. The zero-order valence-electron chi connectivity index (χ0n) is 13.8. The smallest absolute Gasteiger partial charge is 0.322 e. The van der Waals surface area contributed by atoms with Crippen molar-refractivity contribution in [3.8, 4) is 0 Å². The van der Waals surface area contributed by atoms with Crippen molar-refractivity contribution in [2.24, 2.45) is 0 Å². The van der Waals surface area contributed by atoms with Crippen molar-refractivity contribution >= 4 is 22.5 Å². The molecule has 1 atom stereocenters. The number of nitrogens with zero attached hydrogens (tertiary/aromatic N) is 1. The van der Waals surface area contributed by atoms with Gasteiger partial charge in [0.05, 0.1) is 5.69 Å². The summed E-state index contributed by atoms with van der Waals surface area (Å²) in [6.07, 6.45) is 6.77. The Hall–Kier alpha value is -2.03. The number of likely N-dealkylation sites (tertiary alicyclic amines) is 1. The predicted octanol–water partition coefficient (Wildman–Crippen LogP) is 4.73. The summed E-state index contributed by atoms with van der Waals surface area (Å²) in [5.74, 6) is 0. The van der Waals surface area contributed by atoms with Crippen LogP contribution in [0.2, 0.25) is 0 Å². The molecule has 0 spiro atoms. The highest BCUT2D eigenvalue weighted by Gasteiger charge is 2.26. The molecule has 1 saturated heterocycles. The quantitative estimate of drug-likeness (QED) is 0.854. The van der Waals surface area contributed by atoms with Crippen LogP contribution < -0.4 is 5.32 Å². The number of hydrogen-bond acceptors (Lipinski definition) is 1. The maximum Gasteiger partial charge on any atom is 0.322 e. The van der Waals surface area contributed by atoms with E-state index in [2.05, 4.69) is 42.6 Å². The summed E-state index contributed by atoms with van der Waals surface area (Å²) in [5, 5.41) is 5.74. The minimum absolute atomic E-state index is 0.0650. The SMILES string of the molecule is CCC1CCCCN1C(=O)Nc1ccc2c3c(cccc13)CC2. The van der Waals surface area contributed by atoms with E-state index in [-0.39, 0.29) is 6.03 Å². The van der Waals surface area contributed by atoms with E-state index in [1.807, 2.05) is 4.90 Å². The van der Waals surface area contributed by atoms with Crippen LogP contribution in [0.25, 0.3) is 10.8 Å². The lowest BCUT2D eigenvalue weighted by Gasteiger charge is -2.35. The van der Waals surface area contributed by atoms with Gasteiger partial charge < -0.3 is 10.2 Å². The van der Waals surface area contributed by atoms with E-state index in [1.54, 1.807) is 0 Å². The summed E-state index contributed by atoms with van der Waals surface area (Å²) in [6.45, 7) is 3.06. The number of anilines is 1. The lowest BCUT2D eigenvalue weighted by atomic mass is 10.0. The Morgan fingerprint density at radius 2 is 2.00 bits per heavy atom. The Labute approximate surface area is 137 Å². The van der Waals surface area contributed by atoms with Gasteiger partial charge in [0.2, 0.25) is 0 Å². The van der Waals surface area contributed by atoms with Crippen LogP contribution >= 0.6 is 0 Å². The summed E-state index contributed by atoms with van der Waals surface area (Å²) in [4.78, 5) is 14.8. The van der Waals surface area contributed by atoms with Gasteiger partial charge in [0, 0.05) is 18.0 Å². The second kappa shape index (κ2) is 5.88. The van der Waals surface area contributed by atoms with E-state index in [9.17, 15) is 4.79 Å². The van der Waals surface area contributed by atoms with Gasteiger partial charge in [-0.25, -0.2) is 4.79 Å². The largest absolute Gasteiger partial charge is 0.322 e. The summed E-state index contributed by atoms with van der Waals surface area (Å²) in [5.41, 5.74) is 3.79. The fourth-order valence-electron chi connectivity index (χ4n) is 4.24. The molecule has 1 aliphatic heterocycles. The van der Waals surface area contributed by atoms with Gasteiger partial charge in [0.25, 0.3) is 0 Å². The molecule has 2 aromatic carbocycles. The number of benzene rings is 2. The first-order valence-corrected chi connectivity index (χ1v) is 8.89. The molecule has 3 nitrogen and oxygen atoms in total. The molecule has 1 aliphatic carbocycles. The van der Waals surface area contributed by atoms with Crippen molar-refractivity contribution in [2.45, 2.75) is 51.5 Å². The molecule has 1 N–H and O–H groups in total. The molecule has 2 aliphatic rings. The Kier molecular flexibility index (Phi) is 3.72. The minimum Gasteiger partial charge on any atom is -0.322 e. The van der Waals surface area contributed by atoms with E-state index in [1.165, 1.54) is 28.3 Å². The first kappa shape index (κ1) is 14.6. The van der Waals surface area contributed by atoms with E-state index >= 15 is 0 Å². The number of urea groups is 1. The van der Waals surface area contributed by atoms with Gasteiger partial charge in [0.1, 0.15) is 0 Å². The van der Waals surface area contributed by atoms with Gasteiger partial charge >= 0.3 is 6.03 Å². The van der Waals surface area contributed by atoms with Gasteiger partial charge in [0.15, 0.2) is 0 Å². The molecule has 0 bridgehead atoms. The van der Waals surface area contributed by atoms with E-state index in [4.69, 9.17) is 0 Å². The molecule has 2 aromatic rings. The number of carbonyl (C=O) groups is 1. The Morgan fingerprint density at radius 1 is 1.17 bits per heavy atom. The summed E-state index contributed by atoms with van der Waals surface area (Å²) in [7, 11) is 0. The Bertz CT molecular complexity index is 742. The molecule has 120 valence electrons. The topological polar surface area (TPSA) is 32.3 Å². The second-order valence-corrected chi connectivity index (χ2v) is 6.79. The van der Waals surface area contributed by atoms with Crippen molar-refractivity contribution in [2.75, 3.05) is 11.9 Å². The fraction of sp³-hybridized carbons (Fsp3) is 0.450. The maximum absolute atomic E-state index is 12.8. The van der Waals surface area contributed by atoms with Crippen LogP contribution in [0.5, 0.6) is 0 Å². The second-order valence-electron chi connectivity index (χ2n) is 6.79. The monoisotopic (exact) mass is 308 g/mol. The summed E-state index contributed by atoms with van der Waals surface area (Å²) >= 11 is 0. The minimum atomic E-state index is 0.0650. The number of hydrogen-bond donors (Lipinski definition) is 1. The highest BCUT2D eigenvalue weighted by Crippen LogP contribution is 2.35. The molecular weight excluding hydrogens is 284 g/mol. The fourth-order valence-corrected chi connectivity index (χ4v) is 4.24. The van der Waals surface area contributed by atoms with Crippen molar-refractivity contribution in [3.63, 3.8) is 0 Å². The summed E-state index contributed by atoms with van der Waals surface area (Å²) < 4.78 is 0. The van der Waals surface area contributed by atoms with Crippen LogP contribution in [0.15, 0.2) is 30.3 Å². The van der Waals surface area contributed by atoms with Crippen LogP contribution in [0.4, 0.5) is 10.5 Å². The molecule has 4 rings (SSSR count). The van der Waals surface area contributed by atoms with Gasteiger partial charge in [-0.05, 0) is 61.1 Å². The number of carbonyl (C=O) groups excluding carboxylic acids is 1. The van der Waals surface area contributed by atoms with Gasteiger partial charge in [-0.15, -0.1) is 0 Å². The molecule has 1 heterocycles. The third-order valence-corrected chi connectivity index (χ3v) is 5.48. The molecule has 0 saturated carbocycles. The maximum atomic E-state index is 12.8. The predicted molar refractivity (Wildman–Crippen MR) is 95.0 cm³/mol. The average molecular weight is 308 g/mol. The zero-order valence-corrected chi connectivity index (χ0v) is 13.8. The molecule has 23 heavy (non-hydrogen) atoms. The number of aryl methyl sites for hydroxylation is 2. The Morgan fingerprint density at radius 3 is 2.83 bits per heavy atom. The normalized spacial score (nSPS) is 20.0. The van der Waals surface area contributed by atoms with Crippen LogP contribution in [0.3, 0.4) is 0 Å². The molecule has 0 radical (unpaired) electrons. The van der Waals surface area contributed by atoms with Crippen LogP contribution in [0, 0.1) is 0 Å². The first-order valence-electron chi connectivity index (χ1n) is 8.89. The molecule has 3 heteroatoms. The molecule has 2 amide bonds. The molecule has 1 unspecified atom stereocenters. The van der Waals surface area contributed by atoms with Crippen LogP contribution in [0.1, 0.15) is 43.7 Å². The molecular formula is C20H24N2O. The molecule has 1 fully saturated rings. The van der Waals surface area contributed by atoms with Gasteiger partial charge in [-0.3, -0.25) is 0 Å². The van der Waals surface area contributed by atoms with Gasteiger partial charge in [-0.2, -0.15) is 0 Å². The zero-order chi connectivity index (χ0) is 15.8. The Balaban J connectivity index is 1.64. The van der Waals surface area contributed by atoms with E-state index in [0.29, 0.717) is 6.04 Å². The van der Waals surface area contributed by atoms with Crippen LogP contribution in [-0.2, 0) is 12.8 Å². The number of rotatable bonds is 2. The lowest BCUT2D eigenvalue weighted by molar-refractivity contribution is 0.160. The van der Waals surface area contributed by atoms with Crippen LogP contribution in [-0.4, -0.2) is 23.5 Å². The van der Waals surface area contributed by atoms with E-state index in [0.717, 1.165) is 44.3 Å². The highest BCUT2D eigenvalue weighted by atomic mass is 16.2. The summed E-state index contributed by atoms with van der Waals surface area (Å²) in [6, 6.07) is 11.2. The average Bonchev–Trinajstić information content (AvgIpc) is 3.02. The highest BCUT2D eigenvalue weighted by molar-refractivity contribution is 6.04. The van der Waals surface area contributed by atoms with Crippen molar-refractivity contribution in [1.82, 2.24) is 4.90 Å². The lowest BCUT2D eigenvalue weighted by Crippen LogP contribution is -2.45. The standard InChI is InChI=1S/C20H24N2O/c1-2-16-7-3-4-13-22(16)20(23)21-18-12-11-15-10-9-14-6-5-8-17(18)19(14)15/h5-6,8,11-12,16H,2-4,7,9-10,13H2,1H3,(H,21,23). The number of piperidine rings is 1. The number of amides is 2. The number of nitrogens with one attached hydrogen (secondary N) is 1. The van der Waals surface area contributed by atoms with E-state index < -0.39 is 0 Å².